The molecule has 0 aromatic heterocycles. The van der Waals surface area contributed by atoms with E-state index in [0.717, 1.165) is 6.92 Å². The van der Waals surface area contributed by atoms with E-state index in [1.54, 1.807) is 27.7 Å². The molecular formula is C72H114N24O25. The van der Waals surface area contributed by atoms with E-state index in [1.165, 1.54) is 48.5 Å². The first-order valence-corrected chi connectivity index (χ1v) is 38.1. The van der Waals surface area contributed by atoms with Crippen LogP contribution in [0.4, 0.5) is 0 Å². The Labute approximate surface area is 693 Å². The number of aliphatic hydroxyl groups is 3. The molecule has 49 nitrogen and oxygen atoms in total. The number of carbonyl (C=O) groups excluding carboxylic acids is 14. The van der Waals surface area contributed by atoms with E-state index in [2.05, 4.69) is 90.4 Å². The number of nitrogens with one attached hydrogen (secondary N) is 20. The van der Waals surface area contributed by atoms with Crippen molar-refractivity contribution in [3.05, 3.63) is 59.7 Å². The molecule has 0 fully saturated rings. The Morgan fingerprint density at radius 2 is 0.653 bits per heavy atom. The number of phenolic OH excluding ortho intramolecular Hbond substituents is 2. The lowest BCUT2D eigenvalue weighted by Crippen LogP contribution is -2.61. The normalized spacial score (nSPS) is 14.1. The van der Waals surface area contributed by atoms with Gasteiger partial charge in [-0.15, -0.1) is 0 Å². The lowest BCUT2D eigenvalue weighted by Gasteiger charge is -2.28. The number of benzene rings is 2. The van der Waals surface area contributed by atoms with Gasteiger partial charge in [-0.3, -0.25) is 92.9 Å². The quantitative estimate of drug-likeness (QED) is 0.0166. The van der Waals surface area contributed by atoms with Crippen LogP contribution < -0.4 is 113 Å². The van der Waals surface area contributed by atoms with Gasteiger partial charge in [-0.2, -0.15) is 0 Å². The highest BCUT2D eigenvalue weighted by Crippen LogP contribution is 2.16. The molecule has 2 aromatic rings. The van der Waals surface area contributed by atoms with Crippen LogP contribution in [0, 0.1) is 28.1 Å². The van der Waals surface area contributed by atoms with E-state index in [9.17, 15) is 117 Å². The molecule has 36 N–H and O–H groups in total. The zero-order valence-electron chi connectivity index (χ0n) is 67.2. The first-order valence-electron chi connectivity index (χ1n) is 38.1. The Kier molecular flexibility index (Phi) is 46.2. The van der Waals surface area contributed by atoms with Gasteiger partial charge < -0.3 is 154 Å². The maximum absolute atomic E-state index is 14.4. The number of hydrogen-bond acceptors (Lipinski definition) is 26. The average molecular weight is 1720 g/mol. The van der Waals surface area contributed by atoms with Gasteiger partial charge in [0.25, 0.3) is 0 Å². The number of aromatic hydroxyl groups is 2. The minimum Gasteiger partial charge on any atom is -0.508 e. The number of rotatable bonds is 56. The summed E-state index contributed by atoms with van der Waals surface area (Å²) in [6.45, 7) is 2.37. The van der Waals surface area contributed by atoms with E-state index in [0.29, 0.717) is 5.56 Å². The van der Waals surface area contributed by atoms with Gasteiger partial charge in [-0.1, -0.05) is 52.0 Å². The predicted octanol–water partition coefficient (Wildman–Crippen LogP) is -10.8. The van der Waals surface area contributed by atoms with Gasteiger partial charge in [0, 0.05) is 32.5 Å². The zero-order valence-corrected chi connectivity index (χ0v) is 67.2. The smallest absolute Gasteiger partial charge is 0.326 e. The van der Waals surface area contributed by atoms with Crippen LogP contribution in [0.3, 0.4) is 0 Å². The van der Waals surface area contributed by atoms with E-state index in [-0.39, 0.29) is 106 Å². The first-order chi connectivity index (χ1) is 56.8. The van der Waals surface area contributed by atoms with Crippen molar-refractivity contribution in [2.75, 3.05) is 52.5 Å². The van der Waals surface area contributed by atoms with Gasteiger partial charge >= 0.3 is 17.9 Å². The van der Waals surface area contributed by atoms with Gasteiger partial charge in [0.2, 0.25) is 82.7 Å². The van der Waals surface area contributed by atoms with Crippen LogP contribution in [0.5, 0.6) is 11.5 Å². The second-order valence-corrected chi connectivity index (χ2v) is 28.6. The SMILES string of the molecule is CC(C)C[C@H](NC(=O)[C@H](CC(=O)O)NC(=O)[C@H](CC(C)C)NC(=O)[C@H](CCCNC(=N)N)NC(=O)[C@@H](NC(=O)CNC(=O)[C@H](CCCNC(=N)N)NC(=O)[C@H](CO)NC(=O)CNC(=O)[C@H](CO)NC(=O)[C@H](Cc1ccc(O)cc1)NC(=O)[C@H](Cc1ccc(O)cc1)NC(=O)CNC(=O)[C@H](CCCNC(=N)N)NC(=O)[C@@H](N)CC(=O)O)[C@@H](C)O)C(=O)O. The Morgan fingerprint density at radius 3 is 1.05 bits per heavy atom. The molecule has 2 rings (SSSR count). The molecule has 672 valence electrons. The molecular weight excluding hydrogens is 1600 g/mol. The van der Waals surface area contributed by atoms with Crippen molar-refractivity contribution in [2.45, 2.75) is 190 Å². The molecule has 0 saturated heterocycles. The molecule has 121 heavy (non-hydrogen) atoms. The van der Waals surface area contributed by atoms with Gasteiger partial charge in [0.15, 0.2) is 17.9 Å². The summed E-state index contributed by atoms with van der Waals surface area (Å²) >= 11 is 0. The number of aliphatic hydroxyl groups excluding tert-OH is 3. The fourth-order valence-electron chi connectivity index (χ4n) is 11.2. The number of aliphatic carboxylic acids is 3. The second-order valence-electron chi connectivity index (χ2n) is 28.6. The molecule has 0 bridgehead atoms. The summed E-state index contributed by atoms with van der Waals surface area (Å²) in [5, 5.41) is 142. The van der Waals surface area contributed by atoms with E-state index < -0.39 is 249 Å². The molecule has 0 unspecified atom stereocenters. The second kappa shape index (κ2) is 53.9. The Morgan fingerprint density at radius 1 is 0.355 bits per heavy atom. The van der Waals surface area contributed by atoms with Crippen LogP contribution in [0.1, 0.15) is 110 Å². The van der Waals surface area contributed by atoms with Crippen molar-refractivity contribution in [3.8, 4) is 11.5 Å². The van der Waals surface area contributed by atoms with Crippen molar-refractivity contribution in [3.63, 3.8) is 0 Å². The molecule has 14 amide bonds. The highest BCUT2D eigenvalue weighted by atomic mass is 16.4. The van der Waals surface area contributed by atoms with Crippen LogP contribution in [-0.2, 0) is 94.3 Å². The summed E-state index contributed by atoms with van der Waals surface area (Å²) in [4.78, 5) is 227. The largest absolute Gasteiger partial charge is 0.508 e. The third-order valence-electron chi connectivity index (χ3n) is 17.3. The molecule has 2 aromatic carbocycles. The number of guanidine groups is 3. The third kappa shape index (κ3) is 42.1. The molecule has 0 heterocycles. The number of carboxylic acid groups (broad SMARTS) is 3. The fraction of sp³-hybridized carbons (Fsp3) is 0.556. The monoisotopic (exact) mass is 1710 g/mol. The summed E-state index contributed by atoms with van der Waals surface area (Å²) in [5.74, 6) is -22.6. The summed E-state index contributed by atoms with van der Waals surface area (Å²) in [6, 6.07) is -9.73. The number of nitrogens with two attached hydrogens (primary N) is 4. The molecule has 49 heteroatoms. The lowest BCUT2D eigenvalue weighted by atomic mass is 10.0. The maximum atomic E-state index is 14.4. The molecule has 0 aliphatic heterocycles. The zero-order chi connectivity index (χ0) is 91.3. The maximum Gasteiger partial charge on any atom is 0.326 e. The highest BCUT2D eigenvalue weighted by molar-refractivity contribution is 6.00. The van der Waals surface area contributed by atoms with Crippen molar-refractivity contribution in [1.82, 2.24) is 90.4 Å². The first kappa shape index (κ1) is 104. The van der Waals surface area contributed by atoms with Crippen LogP contribution in [0.15, 0.2) is 48.5 Å². The summed E-state index contributed by atoms with van der Waals surface area (Å²) in [7, 11) is 0. The molecule has 0 saturated carbocycles. The molecule has 0 spiro atoms. The minimum absolute atomic E-state index is 0.0154. The minimum atomic E-state index is -1.92. The highest BCUT2D eigenvalue weighted by Gasteiger charge is 2.38. The van der Waals surface area contributed by atoms with Crippen molar-refractivity contribution in [1.29, 1.82) is 16.2 Å². The number of carbonyl (C=O) groups is 17. The van der Waals surface area contributed by atoms with Crippen molar-refractivity contribution >= 4 is 118 Å². The van der Waals surface area contributed by atoms with Gasteiger partial charge in [0.05, 0.1) is 57.8 Å². The number of amides is 14. The predicted molar refractivity (Wildman–Crippen MR) is 426 cm³/mol. The lowest BCUT2D eigenvalue weighted by molar-refractivity contribution is -0.144. The Hall–Kier alpha value is -13.3. The van der Waals surface area contributed by atoms with Crippen molar-refractivity contribution < 1.29 is 122 Å². The van der Waals surface area contributed by atoms with Crippen LogP contribution in [-0.4, -0.2) is 290 Å². The molecule has 13 atom stereocenters. The molecule has 0 aliphatic rings. The fourth-order valence-corrected chi connectivity index (χ4v) is 11.2. The van der Waals surface area contributed by atoms with Crippen molar-refractivity contribution in [2.24, 2.45) is 34.8 Å². The standard InChI is InChI=1S/C72H114N24O25/c1-34(2)23-45(63(114)93-48(28-56(107)108)66(117)94-49(69(120)121)24-35(3)4)91-62(113)44(11-8-22-82-72(78)79)90-68(119)57(36(5)99)96-54(104)31-84-60(111)43(10-7-21-81-71(76)77)89-67(118)51(33-98)87-53(103)30-85-61(112)50(32-97)95-65(116)47(26-38-14-18-40(101)19-15-38)92-64(115)46(25-37-12-16-39(100)17-13-37)86-52(102)29-83-59(110)42(9-6-20-80-70(74)75)88-58(109)41(73)27-55(105)106/h12-19,34-36,41-51,57,97-101H,6-11,20-33,73H2,1-5H3,(H,83,110)(H,84,111)(H,85,112)(H,86,102)(H,87,103)(H,88,109)(H,89,118)(H,90,119)(H,91,113)(H,92,115)(H,93,114)(H,94,117)(H,95,116)(H,96,104)(H,105,106)(H,107,108)(H,120,121)(H4,74,75,80)(H4,76,77,81)(H4,78,79,82)/t36-,41+,42+,43+,44+,45+,46+,47+,48+,49+,50+,51+,57+/m1/s1. The number of carboxylic acids is 3. The van der Waals surface area contributed by atoms with E-state index in [1.807, 2.05) is 0 Å². The summed E-state index contributed by atoms with van der Waals surface area (Å²) < 4.78 is 0. The Bertz CT molecular complexity index is 3910. The topological polar surface area (TPSA) is 832 Å². The van der Waals surface area contributed by atoms with Crippen LogP contribution in [0.25, 0.3) is 0 Å². The van der Waals surface area contributed by atoms with Gasteiger partial charge in [0.1, 0.15) is 78.0 Å². The third-order valence-corrected chi connectivity index (χ3v) is 17.3. The van der Waals surface area contributed by atoms with Crippen LogP contribution in [0.2, 0.25) is 0 Å². The van der Waals surface area contributed by atoms with Gasteiger partial charge in [-0.25, -0.2) is 4.79 Å². The summed E-state index contributed by atoms with van der Waals surface area (Å²) in [6.07, 6.45) is -5.26. The van der Waals surface area contributed by atoms with Gasteiger partial charge in [-0.05, 0) is 106 Å². The average Bonchev–Trinajstić information content (AvgIpc) is 0.852. The van der Waals surface area contributed by atoms with E-state index in [4.69, 9.17) is 44.3 Å². The molecule has 0 aliphatic carbocycles. The number of hydrogen-bond donors (Lipinski definition) is 32. The Balaban J connectivity index is 2.35. The molecule has 0 radical (unpaired) electrons. The summed E-state index contributed by atoms with van der Waals surface area (Å²) in [5.41, 5.74) is 22.4. The number of phenols is 2. The van der Waals surface area contributed by atoms with Crippen LogP contribution >= 0.6 is 0 Å². The van der Waals surface area contributed by atoms with E-state index >= 15 is 0 Å².